The van der Waals surface area contributed by atoms with E-state index >= 15 is 0 Å². The summed E-state index contributed by atoms with van der Waals surface area (Å²) in [4.78, 5) is 11.6. The van der Waals surface area contributed by atoms with Gasteiger partial charge in [-0.1, -0.05) is 0 Å². The van der Waals surface area contributed by atoms with Gasteiger partial charge in [0.25, 0.3) is 0 Å². The Kier molecular flexibility index (Phi) is 3.35. The van der Waals surface area contributed by atoms with Gasteiger partial charge in [0.05, 0.1) is 23.3 Å². The van der Waals surface area contributed by atoms with E-state index in [0.29, 0.717) is 11.4 Å². The van der Waals surface area contributed by atoms with Crippen LogP contribution in [-0.2, 0) is 6.54 Å². The van der Waals surface area contributed by atoms with Gasteiger partial charge in [0, 0.05) is 18.1 Å². The van der Waals surface area contributed by atoms with Crippen molar-refractivity contribution in [3.63, 3.8) is 0 Å². The predicted molar refractivity (Wildman–Crippen MR) is 67.9 cm³/mol. The number of pyridine rings is 1. The lowest BCUT2D eigenvalue weighted by atomic mass is 10.2. The number of aryl methyl sites for hydroxylation is 1. The molecule has 0 unspecified atom stereocenters. The fraction of sp³-hybridized carbons (Fsp3) is 0.250. The number of rotatable bonds is 3. The first kappa shape index (κ1) is 11.6. The first-order valence-corrected chi connectivity index (χ1v) is 6.05. The fourth-order valence-electron chi connectivity index (χ4n) is 1.56. The SMILES string of the molecule is Cc1ncsc1CN(C)c1ncccc1C#N. The molecule has 2 aromatic rings. The molecule has 0 saturated heterocycles. The fourth-order valence-corrected chi connectivity index (χ4v) is 2.39. The van der Waals surface area contributed by atoms with Gasteiger partial charge in [-0.2, -0.15) is 5.26 Å². The van der Waals surface area contributed by atoms with Gasteiger partial charge in [-0.3, -0.25) is 0 Å². The summed E-state index contributed by atoms with van der Waals surface area (Å²) in [5, 5.41) is 9.02. The summed E-state index contributed by atoms with van der Waals surface area (Å²) in [5.74, 6) is 0.711. The highest BCUT2D eigenvalue weighted by Gasteiger charge is 2.11. The Labute approximate surface area is 104 Å². The summed E-state index contributed by atoms with van der Waals surface area (Å²) in [7, 11) is 1.93. The molecule has 0 aromatic carbocycles. The molecule has 0 atom stereocenters. The van der Waals surface area contributed by atoms with Crippen LogP contribution in [0.2, 0.25) is 0 Å². The predicted octanol–water partition coefficient (Wildman–Crippen LogP) is 2.35. The van der Waals surface area contributed by atoms with Gasteiger partial charge < -0.3 is 4.90 Å². The largest absolute Gasteiger partial charge is 0.353 e. The van der Waals surface area contributed by atoms with Crippen LogP contribution in [0.15, 0.2) is 23.8 Å². The van der Waals surface area contributed by atoms with Crippen LogP contribution in [0.25, 0.3) is 0 Å². The number of hydrogen-bond acceptors (Lipinski definition) is 5. The molecule has 0 spiro atoms. The van der Waals surface area contributed by atoms with Gasteiger partial charge in [-0.15, -0.1) is 11.3 Å². The maximum atomic E-state index is 9.02. The number of aromatic nitrogens is 2. The summed E-state index contributed by atoms with van der Waals surface area (Å²) in [5.41, 5.74) is 3.47. The van der Waals surface area contributed by atoms with E-state index in [0.717, 1.165) is 12.2 Å². The van der Waals surface area contributed by atoms with Gasteiger partial charge in [0.1, 0.15) is 11.9 Å². The van der Waals surface area contributed by atoms with Crippen molar-refractivity contribution in [1.29, 1.82) is 5.26 Å². The van der Waals surface area contributed by atoms with Crippen molar-refractivity contribution < 1.29 is 0 Å². The topological polar surface area (TPSA) is 52.8 Å². The summed E-state index contributed by atoms with van der Waals surface area (Å²) in [6.07, 6.45) is 1.70. The average molecular weight is 244 g/mol. The van der Waals surface area contributed by atoms with Gasteiger partial charge in [-0.05, 0) is 19.1 Å². The molecule has 4 nitrogen and oxygen atoms in total. The first-order chi connectivity index (χ1) is 8.22. The Hall–Kier alpha value is -1.93. The smallest absolute Gasteiger partial charge is 0.146 e. The Bertz CT molecular complexity index is 556. The number of hydrogen-bond donors (Lipinski definition) is 0. The molecule has 17 heavy (non-hydrogen) atoms. The Morgan fingerprint density at radius 3 is 2.94 bits per heavy atom. The highest BCUT2D eigenvalue weighted by molar-refractivity contribution is 7.09. The third-order valence-electron chi connectivity index (χ3n) is 2.49. The Balaban J connectivity index is 2.24. The van der Waals surface area contributed by atoms with E-state index < -0.39 is 0 Å². The summed E-state index contributed by atoms with van der Waals surface area (Å²) in [6, 6.07) is 5.70. The van der Waals surface area contributed by atoms with Crippen molar-refractivity contribution >= 4 is 17.2 Å². The zero-order chi connectivity index (χ0) is 12.3. The van der Waals surface area contributed by atoms with Crippen LogP contribution in [0.4, 0.5) is 5.82 Å². The second-order valence-corrected chi connectivity index (χ2v) is 4.64. The molecule has 0 aliphatic heterocycles. The van der Waals surface area contributed by atoms with Crippen LogP contribution in [0.1, 0.15) is 16.1 Å². The first-order valence-electron chi connectivity index (χ1n) is 5.17. The number of nitrogens with zero attached hydrogens (tertiary/aromatic N) is 4. The van der Waals surface area contributed by atoms with Crippen molar-refractivity contribution in [2.45, 2.75) is 13.5 Å². The minimum atomic E-state index is 0.595. The summed E-state index contributed by atoms with van der Waals surface area (Å²) >= 11 is 1.62. The van der Waals surface area contributed by atoms with Gasteiger partial charge >= 0.3 is 0 Å². The quantitative estimate of drug-likeness (QED) is 0.831. The molecular formula is C12H12N4S. The van der Waals surface area contributed by atoms with Crippen molar-refractivity contribution in [2.75, 3.05) is 11.9 Å². The maximum Gasteiger partial charge on any atom is 0.146 e. The van der Waals surface area contributed by atoms with Crippen LogP contribution in [-0.4, -0.2) is 17.0 Å². The minimum Gasteiger partial charge on any atom is -0.353 e. The van der Waals surface area contributed by atoms with E-state index in [2.05, 4.69) is 16.0 Å². The molecule has 0 aliphatic rings. The lowest BCUT2D eigenvalue weighted by molar-refractivity contribution is 0.898. The second kappa shape index (κ2) is 4.93. The highest BCUT2D eigenvalue weighted by Crippen LogP contribution is 2.20. The molecule has 0 amide bonds. The van der Waals surface area contributed by atoms with Gasteiger partial charge in [0.2, 0.25) is 0 Å². The monoisotopic (exact) mass is 244 g/mol. The normalized spacial score (nSPS) is 9.94. The molecule has 2 rings (SSSR count). The van der Waals surface area contributed by atoms with Crippen molar-refractivity contribution in [3.8, 4) is 6.07 Å². The standard InChI is InChI=1S/C12H12N4S/c1-9-11(17-8-15-9)7-16(2)12-10(6-13)4-3-5-14-12/h3-5,8H,7H2,1-2H3. The van der Waals surface area contributed by atoms with E-state index in [1.807, 2.05) is 24.4 Å². The van der Waals surface area contributed by atoms with Gasteiger partial charge in [-0.25, -0.2) is 9.97 Å². The van der Waals surface area contributed by atoms with Crippen molar-refractivity contribution in [1.82, 2.24) is 9.97 Å². The van der Waals surface area contributed by atoms with E-state index in [-0.39, 0.29) is 0 Å². The van der Waals surface area contributed by atoms with Crippen LogP contribution in [0.5, 0.6) is 0 Å². The lowest BCUT2D eigenvalue weighted by Gasteiger charge is -2.18. The molecule has 5 heteroatoms. The number of thiazole rings is 1. The minimum absolute atomic E-state index is 0.595. The third-order valence-corrected chi connectivity index (χ3v) is 3.41. The van der Waals surface area contributed by atoms with E-state index in [4.69, 9.17) is 5.26 Å². The van der Waals surface area contributed by atoms with E-state index in [1.165, 1.54) is 4.88 Å². The van der Waals surface area contributed by atoms with Crippen LogP contribution >= 0.6 is 11.3 Å². The maximum absolute atomic E-state index is 9.02. The zero-order valence-electron chi connectivity index (χ0n) is 9.71. The highest BCUT2D eigenvalue weighted by atomic mass is 32.1. The molecule has 0 N–H and O–H groups in total. The van der Waals surface area contributed by atoms with E-state index in [1.54, 1.807) is 29.7 Å². The Morgan fingerprint density at radius 2 is 2.29 bits per heavy atom. The van der Waals surface area contributed by atoms with Crippen LogP contribution in [0, 0.1) is 18.3 Å². The van der Waals surface area contributed by atoms with Crippen molar-refractivity contribution in [2.24, 2.45) is 0 Å². The molecule has 2 aromatic heterocycles. The van der Waals surface area contributed by atoms with E-state index in [9.17, 15) is 0 Å². The molecule has 0 fully saturated rings. The average Bonchev–Trinajstić information content (AvgIpc) is 2.75. The molecule has 0 radical (unpaired) electrons. The molecule has 2 heterocycles. The summed E-state index contributed by atoms with van der Waals surface area (Å²) < 4.78 is 0. The zero-order valence-corrected chi connectivity index (χ0v) is 10.5. The molecule has 86 valence electrons. The van der Waals surface area contributed by atoms with Crippen molar-refractivity contribution in [3.05, 3.63) is 40.0 Å². The Morgan fingerprint density at radius 1 is 1.47 bits per heavy atom. The molecule has 0 saturated carbocycles. The second-order valence-electron chi connectivity index (χ2n) is 3.70. The molecule has 0 aliphatic carbocycles. The lowest BCUT2D eigenvalue weighted by Crippen LogP contribution is -2.18. The van der Waals surface area contributed by atoms with Crippen LogP contribution in [0.3, 0.4) is 0 Å². The third kappa shape index (κ3) is 2.43. The van der Waals surface area contributed by atoms with Crippen LogP contribution < -0.4 is 4.90 Å². The molecular weight excluding hydrogens is 232 g/mol. The van der Waals surface area contributed by atoms with Gasteiger partial charge in [0.15, 0.2) is 0 Å². The summed E-state index contributed by atoms with van der Waals surface area (Å²) in [6.45, 7) is 2.71. The number of nitriles is 1. The number of anilines is 1. The molecule has 0 bridgehead atoms.